The summed E-state index contributed by atoms with van der Waals surface area (Å²) in [6.07, 6.45) is 1.20. The Hall–Kier alpha value is -1.75. The topological polar surface area (TPSA) is 64.8 Å². The molecule has 19 heavy (non-hydrogen) atoms. The van der Waals surface area contributed by atoms with Gasteiger partial charge in [0.1, 0.15) is 0 Å². The minimum atomic E-state index is -0.371. The van der Waals surface area contributed by atoms with E-state index in [1.807, 2.05) is 12.1 Å². The number of hydrogen-bond acceptors (Lipinski definition) is 5. The van der Waals surface area contributed by atoms with Crippen LogP contribution in [0.5, 0.6) is 0 Å². The van der Waals surface area contributed by atoms with Crippen LogP contribution in [-0.2, 0) is 9.47 Å². The number of para-hydroxylation sites is 1. The van der Waals surface area contributed by atoms with E-state index in [0.29, 0.717) is 17.9 Å². The zero-order valence-electron chi connectivity index (χ0n) is 11.4. The second-order valence-corrected chi connectivity index (χ2v) is 4.55. The standard InChI is InChI=1S/C14H20N2O3/c1-3-19-14(17)11-5-4-6-12(13(11)15)16-8-7-10(9-16)18-2/h4-6,10H,3,7-9,15H2,1-2H3. The Morgan fingerprint density at radius 1 is 1.53 bits per heavy atom. The number of rotatable bonds is 4. The van der Waals surface area contributed by atoms with E-state index in [4.69, 9.17) is 15.2 Å². The van der Waals surface area contributed by atoms with E-state index in [2.05, 4.69) is 4.90 Å². The summed E-state index contributed by atoms with van der Waals surface area (Å²) < 4.78 is 10.4. The van der Waals surface area contributed by atoms with Crippen LogP contribution in [0.4, 0.5) is 11.4 Å². The average molecular weight is 264 g/mol. The van der Waals surface area contributed by atoms with E-state index in [9.17, 15) is 4.79 Å². The lowest BCUT2D eigenvalue weighted by molar-refractivity contribution is 0.0527. The first-order chi connectivity index (χ1) is 9.17. The van der Waals surface area contributed by atoms with Crippen LogP contribution in [-0.4, -0.2) is 38.9 Å². The maximum atomic E-state index is 11.8. The largest absolute Gasteiger partial charge is 0.462 e. The van der Waals surface area contributed by atoms with Gasteiger partial charge in [-0.15, -0.1) is 0 Å². The Bertz CT molecular complexity index is 462. The number of methoxy groups -OCH3 is 1. The number of carbonyl (C=O) groups excluding carboxylic acids is 1. The van der Waals surface area contributed by atoms with Crippen molar-refractivity contribution in [2.75, 3.05) is 37.4 Å². The lowest BCUT2D eigenvalue weighted by Gasteiger charge is -2.21. The first-order valence-electron chi connectivity index (χ1n) is 6.50. The Morgan fingerprint density at radius 2 is 2.32 bits per heavy atom. The molecular weight excluding hydrogens is 244 g/mol. The number of benzene rings is 1. The molecule has 104 valence electrons. The molecule has 1 atom stereocenters. The van der Waals surface area contributed by atoms with Gasteiger partial charge in [-0.3, -0.25) is 0 Å². The molecule has 0 aliphatic carbocycles. The van der Waals surface area contributed by atoms with E-state index >= 15 is 0 Å². The molecule has 0 bridgehead atoms. The van der Waals surface area contributed by atoms with Gasteiger partial charge in [-0.1, -0.05) is 6.07 Å². The van der Waals surface area contributed by atoms with E-state index in [1.165, 1.54) is 0 Å². The molecule has 2 rings (SSSR count). The van der Waals surface area contributed by atoms with Gasteiger partial charge in [-0.05, 0) is 25.5 Å². The monoisotopic (exact) mass is 264 g/mol. The van der Waals surface area contributed by atoms with E-state index < -0.39 is 0 Å². The number of carbonyl (C=O) groups is 1. The van der Waals surface area contributed by atoms with Crippen molar-refractivity contribution in [3.8, 4) is 0 Å². The molecule has 0 radical (unpaired) electrons. The minimum absolute atomic E-state index is 0.227. The van der Waals surface area contributed by atoms with Crippen LogP contribution in [0.15, 0.2) is 18.2 Å². The molecule has 0 spiro atoms. The van der Waals surface area contributed by atoms with Crippen molar-refractivity contribution in [2.45, 2.75) is 19.4 Å². The molecule has 1 unspecified atom stereocenters. The van der Waals surface area contributed by atoms with Crippen LogP contribution in [0, 0.1) is 0 Å². The van der Waals surface area contributed by atoms with Crippen molar-refractivity contribution in [1.82, 2.24) is 0 Å². The SMILES string of the molecule is CCOC(=O)c1cccc(N2CCC(OC)C2)c1N. The smallest absolute Gasteiger partial charge is 0.340 e. The second kappa shape index (κ2) is 5.93. The van der Waals surface area contributed by atoms with Crippen molar-refractivity contribution in [1.29, 1.82) is 0 Å². The van der Waals surface area contributed by atoms with Gasteiger partial charge in [-0.2, -0.15) is 0 Å². The second-order valence-electron chi connectivity index (χ2n) is 4.55. The van der Waals surface area contributed by atoms with Crippen LogP contribution in [0.3, 0.4) is 0 Å². The van der Waals surface area contributed by atoms with Crippen molar-refractivity contribution in [2.24, 2.45) is 0 Å². The van der Waals surface area contributed by atoms with Gasteiger partial charge in [0.15, 0.2) is 0 Å². The molecule has 1 aromatic rings. The van der Waals surface area contributed by atoms with Crippen LogP contribution >= 0.6 is 0 Å². The van der Waals surface area contributed by atoms with Crippen molar-refractivity contribution < 1.29 is 14.3 Å². The summed E-state index contributed by atoms with van der Waals surface area (Å²) in [6, 6.07) is 5.45. The normalized spacial score (nSPS) is 18.6. The number of esters is 1. The molecule has 0 amide bonds. The molecule has 0 aromatic heterocycles. The van der Waals surface area contributed by atoms with Crippen LogP contribution < -0.4 is 10.6 Å². The van der Waals surface area contributed by atoms with E-state index in [1.54, 1.807) is 20.1 Å². The molecule has 1 aliphatic heterocycles. The zero-order valence-corrected chi connectivity index (χ0v) is 11.4. The third-order valence-electron chi connectivity index (χ3n) is 3.40. The number of nitrogens with zero attached hydrogens (tertiary/aromatic N) is 1. The number of nitrogens with two attached hydrogens (primary N) is 1. The molecule has 5 heteroatoms. The first-order valence-corrected chi connectivity index (χ1v) is 6.50. The lowest BCUT2D eigenvalue weighted by Crippen LogP contribution is -2.24. The van der Waals surface area contributed by atoms with E-state index in [0.717, 1.165) is 25.2 Å². The van der Waals surface area contributed by atoms with Crippen LogP contribution in [0.25, 0.3) is 0 Å². The predicted octanol–water partition coefficient (Wildman–Crippen LogP) is 1.67. The molecule has 1 aliphatic rings. The van der Waals surface area contributed by atoms with E-state index in [-0.39, 0.29) is 12.1 Å². The third kappa shape index (κ3) is 2.81. The van der Waals surface area contributed by atoms with Crippen molar-refractivity contribution >= 4 is 17.3 Å². The predicted molar refractivity (Wildman–Crippen MR) is 74.4 cm³/mol. The Balaban J connectivity index is 2.23. The van der Waals surface area contributed by atoms with Crippen LogP contribution in [0.1, 0.15) is 23.7 Å². The highest BCUT2D eigenvalue weighted by molar-refractivity contribution is 5.98. The maximum absolute atomic E-state index is 11.8. The van der Waals surface area contributed by atoms with Gasteiger partial charge < -0.3 is 20.1 Å². The third-order valence-corrected chi connectivity index (χ3v) is 3.40. The number of nitrogen functional groups attached to an aromatic ring is 1. The summed E-state index contributed by atoms with van der Waals surface area (Å²) in [5.74, 6) is -0.371. The fraction of sp³-hybridized carbons (Fsp3) is 0.500. The summed E-state index contributed by atoms with van der Waals surface area (Å²) in [4.78, 5) is 14.0. The Morgan fingerprint density at radius 3 is 2.95 bits per heavy atom. The summed E-state index contributed by atoms with van der Waals surface area (Å²) in [5, 5.41) is 0. The van der Waals surface area contributed by atoms with Crippen molar-refractivity contribution in [3.63, 3.8) is 0 Å². The van der Waals surface area contributed by atoms with Gasteiger partial charge in [-0.25, -0.2) is 4.79 Å². The fourth-order valence-electron chi connectivity index (χ4n) is 2.36. The minimum Gasteiger partial charge on any atom is -0.462 e. The van der Waals surface area contributed by atoms with Gasteiger partial charge >= 0.3 is 5.97 Å². The summed E-state index contributed by atoms with van der Waals surface area (Å²) in [6.45, 7) is 3.81. The van der Waals surface area contributed by atoms with Gasteiger partial charge in [0.2, 0.25) is 0 Å². The number of ether oxygens (including phenoxy) is 2. The van der Waals surface area contributed by atoms with Gasteiger partial charge in [0.05, 0.1) is 29.6 Å². The molecule has 0 saturated carbocycles. The molecule has 5 nitrogen and oxygen atoms in total. The zero-order chi connectivity index (χ0) is 13.8. The average Bonchev–Trinajstić information content (AvgIpc) is 2.88. The molecule has 1 saturated heterocycles. The fourth-order valence-corrected chi connectivity index (χ4v) is 2.36. The molecular formula is C14H20N2O3. The molecule has 1 aromatic carbocycles. The Kier molecular flexibility index (Phi) is 4.27. The van der Waals surface area contributed by atoms with Gasteiger partial charge in [0, 0.05) is 20.2 Å². The van der Waals surface area contributed by atoms with Gasteiger partial charge in [0.25, 0.3) is 0 Å². The molecule has 1 heterocycles. The van der Waals surface area contributed by atoms with Crippen molar-refractivity contribution in [3.05, 3.63) is 23.8 Å². The summed E-state index contributed by atoms with van der Waals surface area (Å²) in [5.41, 5.74) is 7.89. The first kappa shape index (κ1) is 13.7. The summed E-state index contributed by atoms with van der Waals surface area (Å²) in [7, 11) is 1.71. The number of hydrogen-bond donors (Lipinski definition) is 1. The van der Waals surface area contributed by atoms with Crippen LogP contribution in [0.2, 0.25) is 0 Å². The lowest BCUT2D eigenvalue weighted by atomic mass is 10.1. The number of anilines is 2. The summed E-state index contributed by atoms with van der Waals surface area (Å²) >= 11 is 0. The quantitative estimate of drug-likeness (QED) is 0.662. The Labute approximate surface area is 113 Å². The highest BCUT2D eigenvalue weighted by Crippen LogP contribution is 2.30. The highest BCUT2D eigenvalue weighted by atomic mass is 16.5. The molecule has 2 N–H and O–H groups in total. The molecule has 1 fully saturated rings. The highest BCUT2D eigenvalue weighted by Gasteiger charge is 2.25. The maximum Gasteiger partial charge on any atom is 0.340 e.